The number of carbonyl (C=O) groups is 3. The van der Waals surface area contributed by atoms with Crippen LogP contribution in [0.2, 0.25) is 0 Å². The van der Waals surface area contributed by atoms with Crippen molar-refractivity contribution < 1.29 is 23.9 Å². The van der Waals surface area contributed by atoms with Crippen molar-refractivity contribution in [2.75, 3.05) is 13.2 Å². The Morgan fingerprint density at radius 2 is 1.54 bits per heavy atom. The highest BCUT2D eigenvalue weighted by Gasteiger charge is 2.47. The zero-order chi connectivity index (χ0) is 28.5. The second kappa shape index (κ2) is 19.1. The lowest BCUT2D eigenvalue weighted by Gasteiger charge is -2.47. The Morgan fingerprint density at radius 1 is 0.949 bits per heavy atom. The summed E-state index contributed by atoms with van der Waals surface area (Å²) in [6, 6.07) is -0.914. The smallest absolute Gasteiger partial charge is 0.418 e. The Balaban J connectivity index is 1.93. The van der Waals surface area contributed by atoms with Crippen LogP contribution in [-0.2, 0) is 14.3 Å². The molecule has 1 aliphatic carbocycles. The third kappa shape index (κ3) is 10.8. The fraction of sp³-hybridized carbons (Fsp3) is 0.844. The molecule has 2 aliphatic rings. The Hall–Kier alpha value is -2.05. The van der Waals surface area contributed by atoms with E-state index in [0.717, 1.165) is 24.8 Å². The molecule has 224 valence electrons. The van der Waals surface area contributed by atoms with Gasteiger partial charge in [-0.2, -0.15) is 0 Å². The largest absolute Gasteiger partial charge is 0.463 e. The molecule has 0 aromatic rings. The van der Waals surface area contributed by atoms with Gasteiger partial charge in [-0.1, -0.05) is 123 Å². The topological polar surface area (TPSA) is 84.9 Å². The first kappa shape index (κ1) is 33.2. The van der Waals surface area contributed by atoms with Crippen molar-refractivity contribution in [2.24, 2.45) is 17.8 Å². The molecule has 0 saturated heterocycles. The van der Waals surface area contributed by atoms with E-state index in [1.807, 2.05) is 6.92 Å². The van der Waals surface area contributed by atoms with Crippen LogP contribution in [0, 0.1) is 17.8 Å². The van der Waals surface area contributed by atoms with Crippen LogP contribution < -0.4 is 5.32 Å². The van der Waals surface area contributed by atoms with Gasteiger partial charge in [0.15, 0.2) is 0 Å². The summed E-state index contributed by atoms with van der Waals surface area (Å²) >= 11 is 0. The van der Waals surface area contributed by atoms with Gasteiger partial charge in [-0.3, -0.25) is 4.79 Å². The third-order valence-electron chi connectivity index (χ3n) is 8.88. The Bertz CT molecular complexity index is 768. The standard InChI is InChI=1S/C32H56N2O5/c1-5-7-8-9-10-11-12-13-14-15-16-17-18-21-27-22-19-20-25(3)29(27)30-28(23-38-24-35)26(4)33-31(36)34(30)32(37)39-6-2/h24-25,27,29-30H,5-23H2,1-4H3,(H,33,36). The first-order valence-corrected chi connectivity index (χ1v) is 16.0. The molecule has 4 atom stereocenters. The molecule has 39 heavy (non-hydrogen) atoms. The second-order valence-electron chi connectivity index (χ2n) is 11.8. The number of allylic oxidation sites excluding steroid dienone is 1. The van der Waals surface area contributed by atoms with Crippen LogP contribution in [0.1, 0.15) is 137 Å². The molecule has 4 unspecified atom stereocenters. The predicted molar refractivity (Wildman–Crippen MR) is 156 cm³/mol. The van der Waals surface area contributed by atoms with Gasteiger partial charge in [-0.05, 0) is 31.6 Å². The number of amides is 3. The minimum Gasteiger partial charge on any atom is -0.463 e. The Morgan fingerprint density at radius 3 is 2.10 bits per heavy atom. The summed E-state index contributed by atoms with van der Waals surface area (Å²) in [6.07, 6.45) is 21.2. The number of carbonyl (C=O) groups excluding carboxylic acids is 3. The van der Waals surface area contributed by atoms with Gasteiger partial charge < -0.3 is 14.8 Å². The van der Waals surface area contributed by atoms with Crippen molar-refractivity contribution in [1.82, 2.24) is 10.2 Å². The summed E-state index contributed by atoms with van der Waals surface area (Å²) in [5, 5.41) is 2.79. The average molecular weight is 549 g/mol. The van der Waals surface area contributed by atoms with Gasteiger partial charge in [0.25, 0.3) is 6.47 Å². The van der Waals surface area contributed by atoms with Gasteiger partial charge in [0.05, 0.1) is 12.6 Å². The minimum atomic E-state index is -0.631. The van der Waals surface area contributed by atoms with Crippen molar-refractivity contribution in [3.63, 3.8) is 0 Å². The lowest BCUT2D eigenvalue weighted by atomic mass is 9.65. The minimum absolute atomic E-state index is 0.0604. The highest BCUT2D eigenvalue weighted by molar-refractivity contribution is 5.93. The highest BCUT2D eigenvalue weighted by Crippen LogP contribution is 2.44. The molecule has 7 nitrogen and oxygen atoms in total. The van der Waals surface area contributed by atoms with Crippen LogP contribution in [0.5, 0.6) is 0 Å². The Kier molecular flexibility index (Phi) is 16.2. The lowest BCUT2D eigenvalue weighted by Crippen LogP contribution is -2.59. The van der Waals surface area contributed by atoms with E-state index in [2.05, 4.69) is 19.2 Å². The van der Waals surface area contributed by atoms with Crippen LogP contribution in [0.25, 0.3) is 0 Å². The number of rotatable bonds is 19. The van der Waals surface area contributed by atoms with Crippen LogP contribution >= 0.6 is 0 Å². The summed E-state index contributed by atoms with van der Waals surface area (Å²) in [7, 11) is 0. The van der Waals surface area contributed by atoms with E-state index in [1.54, 1.807) is 6.92 Å². The SMILES string of the molecule is CCCCCCCCCCCCCCCC1CCCC(C)C1C1C(COC=O)=C(C)NC(=O)N1C(=O)OCC. The molecule has 0 radical (unpaired) electrons. The number of hydrogen-bond donors (Lipinski definition) is 1. The van der Waals surface area contributed by atoms with Gasteiger partial charge in [-0.25, -0.2) is 14.5 Å². The third-order valence-corrected chi connectivity index (χ3v) is 8.88. The van der Waals surface area contributed by atoms with Crippen molar-refractivity contribution in [1.29, 1.82) is 0 Å². The van der Waals surface area contributed by atoms with Gasteiger partial charge in [0, 0.05) is 11.3 Å². The number of urea groups is 1. The molecular formula is C32H56N2O5. The average Bonchev–Trinajstić information content (AvgIpc) is 2.90. The normalized spacial score (nSPS) is 23.5. The van der Waals surface area contributed by atoms with E-state index in [1.165, 1.54) is 94.8 Å². The molecule has 1 fully saturated rings. The fourth-order valence-corrected chi connectivity index (χ4v) is 6.80. The maximum absolute atomic E-state index is 13.1. The van der Waals surface area contributed by atoms with Gasteiger partial charge in [-0.15, -0.1) is 0 Å². The molecule has 1 saturated carbocycles. The summed E-state index contributed by atoms with van der Waals surface area (Å²) in [4.78, 5) is 38.4. The number of hydrogen-bond acceptors (Lipinski definition) is 5. The summed E-state index contributed by atoms with van der Waals surface area (Å²) in [5.41, 5.74) is 1.47. The number of nitrogens with zero attached hydrogens (tertiary/aromatic N) is 1. The van der Waals surface area contributed by atoms with Gasteiger partial charge >= 0.3 is 12.1 Å². The number of imide groups is 1. The number of nitrogens with one attached hydrogen (secondary N) is 1. The zero-order valence-electron chi connectivity index (χ0n) is 25.3. The van der Waals surface area contributed by atoms with Crippen molar-refractivity contribution in [3.05, 3.63) is 11.3 Å². The molecule has 0 spiro atoms. The van der Waals surface area contributed by atoms with E-state index < -0.39 is 18.2 Å². The Labute approximate surface area is 237 Å². The maximum atomic E-state index is 13.1. The van der Waals surface area contributed by atoms with Crippen LogP contribution in [0.15, 0.2) is 11.3 Å². The summed E-state index contributed by atoms with van der Waals surface area (Å²) in [6.45, 7) is 8.76. The lowest BCUT2D eigenvalue weighted by molar-refractivity contribution is -0.128. The second-order valence-corrected chi connectivity index (χ2v) is 11.8. The summed E-state index contributed by atoms with van der Waals surface area (Å²) < 4.78 is 10.5. The van der Waals surface area contributed by atoms with Crippen LogP contribution in [0.4, 0.5) is 9.59 Å². The van der Waals surface area contributed by atoms with Crippen molar-refractivity contribution >= 4 is 18.6 Å². The van der Waals surface area contributed by atoms with E-state index in [-0.39, 0.29) is 19.1 Å². The molecule has 1 N–H and O–H groups in total. The quantitative estimate of drug-likeness (QED) is 0.129. The first-order valence-electron chi connectivity index (χ1n) is 16.0. The van der Waals surface area contributed by atoms with Crippen molar-refractivity contribution in [2.45, 2.75) is 143 Å². The number of ether oxygens (including phenoxy) is 2. The zero-order valence-corrected chi connectivity index (χ0v) is 25.3. The van der Waals surface area contributed by atoms with E-state index >= 15 is 0 Å². The maximum Gasteiger partial charge on any atom is 0.418 e. The van der Waals surface area contributed by atoms with Crippen LogP contribution in [0.3, 0.4) is 0 Å². The molecule has 3 amide bonds. The molecule has 2 rings (SSSR count). The molecule has 1 aliphatic heterocycles. The monoisotopic (exact) mass is 548 g/mol. The predicted octanol–water partition coefficient (Wildman–Crippen LogP) is 8.52. The molecule has 0 bridgehead atoms. The molecular weight excluding hydrogens is 492 g/mol. The number of unbranched alkanes of at least 4 members (excludes halogenated alkanes) is 12. The molecule has 7 heteroatoms. The van der Waals surface area contributed by atoms with Gasteiger partial charge in [0.1, 0.15) is 6.61 Å². The summed E-state index contributed by atoms with van der Waals surface area (Å²) in [5.74, 6) is 0.873. The van der Waals surface area contributed by atoms with Crippen molar-refractivity contribution in [3.8, 4) is 0 Å². The van der Waals surface area contributed by atoms with E-state index in [0.29, 0.717) is 24.0 Å². The highest BCUT2D eigenvalue weighted by atomic mass is 16.6. The van der Waals surface area contributed by atoms with E-state index in [4.69, 9.17) is 9.47 Å². The van der Waals surface area contributed by atoms with Crippen LogP contribution in [-0.4, -0.2) is 42.8 Å². The molecule has 1 heterocycles. The first-order chi connectivity index (χ1) is 19.0. The van der Waals surface area contributed by atoms with Gasteiger partial charge in [0.2, 0.25) is 0 Å². The molecule has 0 aromatic heterocycles. The van der Waals surface area contributed by atoms with E-state index in [9.17, 15) is 14.4 Å². The fourth-order valence-electron chi connectivity index (χ4n) is 6.80. The molecule has 0 aromatic carbocycles.